The molecule has 0 aromatic rings. The molecule has 0 heterocycles. The highest BCUT2D eigenvalue weighted by Crippen LogP contribution is 1.85. The average molecular weight is 180 g/mol. The molecule has 0 saturated carbocycles. The molecule has 0 fully saturated rings. The Morgan fingerprint density at radius 3 is 2.27 bits per heavy atom. The fourth-order valence-electron chi connectivity index (χ4n) is 0.474. The van der Waals surface area contributed by atoms with Crippen molar-refractivity contribution in [3.8, 4) is 0 Å². The summed E-state index contributed by atoms with van der Waals surface area (Å²) in [6, 6.07) is 0. The van der Waals surface area contributed by atoms with Gasteiger partial charge in [-0.15, -0.1) is 0 Å². The number of hydrogen-bond donors (Lipinski definition) is 3. The van der Waals surface area contributed by atoms with Crippen molar-refractivity contribution in [2.75, 3.05) is 12.3 Å². The predicted molar refractivity (Wildman–Crippen MR) is 43.3 cm³/mol. The Morgan fingerprint density at radius 2 is 1.91 bits per heavy atom. The average Bonchev–Trinajstić information content (AvgIpc) is 1.78. The number of nitrogens with two attached hydrogens (primary N) is 3. The highest BCUT2D eigenvalue weighted by Gasteiger charge is 1.99. The summed E-state index contributed by atoms with van der Waals surface area (Å²) in [7, 11) is -3.37. The zero-order chi connectivity index (χ0) is 8.91. The van der Waals surface area contributed by atoms with Gasteiger partial charge in [0.1, 0.15) is 0 Å². The molecule has 6 N–H and O–H groups in total. The standard InChI is InChI=1S/C4H12N4O2S/c5-4(6)8-2-1-3-11(7,9)10/h1-3H2,(H4,5,6,8)(H2,7,9,10). The molecule has 0 rings (SSSR count). The predicted octanol–water partition coefficient (Wildman–Crippen LogP) is -2.06. The lowest BCUT2D eigenvalue weighted by Crippen LogP contribution is -2.23. The number of rotatable bonds is 4. The van der Waals surface area contributed by atoms with Crippen molar-refractivity contribution in [3.05, 3.63) is 0 Å². The summed E-state index contributed by atoms with van der Waals surface area (Å²) in [5.41, 5.74) is 9.98. The van der Waals surface area contributed by atoms with E-state index < -0.39 is 10.0 Å². The molecule has 7 heteroatoms. The van der Waals surface area contributed by atoms with E-state index in [1.54, 1.807) is 0 Å². The van der Waals surface area contributed by atoms with Crippen molar-refractivity contribution in [2.45, 2.75) is 6.42 Å². The quantitative estimate of drug-likeness (QED) is 0.261. The van der Waals surface area contributed by atoms with E-state index in [-0.39, 0.29) is 11.7 Å². The number of hydrogen-bond acceptors (Lipinski definition) is 3. The van der Waals surface area contributed by atoms with Crippen LogP contribution in [0.1, 0.15) is 6.42 Å². The third kappa shape index (κ3) is 9.18. The minimum Gasteiger partial charge on any atom is -0.370 e. The maximum atomic E-state index is 10.3. The number of aliphatic imine (C=N–C) groups is 1. The van der Waals surface area contributed by atoms with Crippen LogP contribution in [0, 0.1) is 0 Å². The van der Waals surface area contributed by atoms with Crippen LogP contribution in [0.3, 0.4) is 0 Å². The van der Waals surface area contributed by atoms with Crippen LogP contribution in [0.25, 0.3) is 0 Å². The second-order valence-corrected chi connectivity index (χ2v) is 3.76. The number of primary sulfonamides is 1. The lowest BCUT2D eigenvalue weighted by Gasteiger charge is -1.94. The van der Waals surface area contributed by atoms with Crippen molar-refractivity contribution in [1.29, 1.82) is 0 Å². The van der Waals surface area contributed by atoms with Crippen molar-refractivity contribution in [1.82, 2.24) is 0 Å². The Kier molecular flexibility index (Phi) is 3.83. The first-order chi connectivity index (χ1) is 4.92. The fraction of sp³-hybridized carbons (Fsp3) is 0.750. The minimum absolute atomic E-state index is 0.0422. The summed E-state index contributed by atoms with van der Waals surface area (Å²) in [4.78, 5) is 3.58. The summed E-state index contributed by atoms with van der Waals surface area (Å²) < 4.78 is 20.7. The van der Waals surface area contributed by atoms with Gasteiger partial charge in [-0.3, -0.25) is 4.99 Å². The number of sulfonamides is 1. The molecule has 0 saturated heterocycles. The highest BCUT2D eigenvalue weighted by molar-refractivity contribution is 7.89. The molecule has 0 amide bonds. The second kappa shape index (κ2) is 4.14. The van der Waals surface area contributed by atoms with Crippen molar-refractivity contribution in [3.63, 3.8) is 0 Å². The van der Waals surface area contributed by atoms with Gasteiger partial charge in [-0.05, 0) is 6.42 Å². The monoisotopic (exact) mass is 180 g/mol. The lowest BCUT2D eigenvalue weighted by atomic mass is 10.5. The Morgan fingerprint density at radius 1 is 1.36 bits per heavy atom. The first kappa shape index (κ1) is 10.2. The van der Waals surface area contributed by atoms with Gasteiger partial charge in [-0.2, -0.15) is 0 Å². The summed E-state index contributed by atoms with van der Waals surface area (Å²) >= 11 is 0. The van der Waals surface area contributed by atoms with Crippen LogP contribution >= 0.6 is 0 Å². The van der Waals surface area contributed by atoms with Gasteiger partial charge in [0.15, 0.2) is 5.96 Å². The van der Waals surface area contributed by atoms with E-state index in [1.807, 2.05) is 0 Å². The first-order valence-corrected chi connectivity index (χ1v) is 4.69. The van der Waals surface area contributed by atoms with E-state index >= 15 is 0 Å². The van der Waals surface area contributed by atoms with Crippen LogP contribution in [-0.4, -0.2) is 26.7 Å². The van der Waals surface area contributed by atoms with Crippen molar-refractivity contribution < 1.29 is 8.42 Å². The summed E-state index contributed by atoms with van der Waals surface area (Å²) in [6.45, 7) is 0.290. The van der Waals surface area contributed by atoms with E-state index in [0.717, 1.165) is 0 Å². The smallest absolute Gasteiger partial charge is 0.209 e. The molecule has 6 nitrogen and oxygen atoms in total. The Bertz CT molecular complexity index is 228. The molecule has 66 valence electrons. The third-order valence-corrected chi connectivity index (χ3v) is 1.74. The van der Waals surface area contributed by atoms with Gasteiger partial charge in [0, 0.05) is 6.54 Å². The molecule has 0 spiro atoms. The third-order valence-electron chi connectivity index (χ3n) is 0.881. The van der Waals surface area contributed by atoms with Gasteiger partial charge in [0.2, 0.25) is 10.0 Å². The van der Waals surface area contributed by atoms with Crippen molar-refractivity contribution >= 4 is 16.0 Å². The molecule has 0 aliphatic carbocycles. The van der Waals surface area contributed by atoms with Gasteiger partial charge in [-0.25, -0.2) is 13.6 Å². The van der Waals surface area contributed by atoms with Crippen LogP contribution in [0.15, 0.2) is 4.99 Å². The van der Waals surface area contributed by atoms with Crippen LogP contribution in [-0.2, 0) is 10.0 Å². The number of guanidine groups is 1. The summed E-state index contributed by atoms with van der Waals surface area (Å²) in [5, 5.41) is 4.71. The zero-order valence-corrected chi connectivity index (χ0v) is 6.84. The largest absolute Gasteiger partial charge is 0.370 e. The van der Waals surface area contributed by atoms with Gasteiger partial charge < -0.3 is 11.5 Å². The van der Waals surface area contributed by atoms with Gasteiger partial charge in [0.05, 0.1) is 5.75 Å². The molecule has 0 bridgehead atoms. The van der Waals surface area contributed by atoms with Gasteiger partial charge in [-0.1, -0.05) is 0 Å². The molecule has 0 aliphatic rings. The minimum atomic E-state index is -3.37. The van der Waals surface area contributed by atoms with E-state index in [4.69, 9.17) is 16.6 Å². The molecular formula is C4H12N4O2S. The SMILES string of the molecule is NC(N)=NCCCS(N)(=O)=O. The molecule has 0 aromatic heterocycles. The second-order valence-electron chi connectivity index (χ2n) is 2.03. The Hall–Kier alpha value is -0.820. The fourth-order valence-corrected chi connectivity index (χ4v) is 1.01. The summed E-state index contributed by atoms with van der Waals surface area (Å²) in [6.07, 6.45) is 0.344. The highest BCUT2D eigenvalue weighted by atomic mass is 32.2. The van der Waals surface area contributed by atoms with Crippen LogP contribution < -0.4 is 16.6 Å². The molecule has 0 aromatic carbocycles. The zero-order valence-electron chi connectivity index (χ0n) is 6.03. The van der Waals surface area contributed by atoms with Crippen LogP contribution in [0.4, 0.5) is 0 Å². The van der Waals surface area contributed by atoms with E-state index in [9.17, 15) is 8.42 Å². The Labute approximate surface area is 65.5 Å². The van der Waals surface area contributed by atoms with E-state index in [2.05, 4.69) is 4.99 Å². The molecule has 0 aliphatic heterocycles. The van der Waals surface area contributed by atoms with E-state index in [1.165, 1.54) is 0 Å². The van der Waals surface area contributed by atoms with Gasteiger partial charge in [0.25, 0.3) is 0 Å². The normalized spacial score (nSPS) is 11.0. The van der Waals surface area contributed by atoms with Crippen LogP contribution in [0.5, 0.6) is 0 Å². The topological polar surface area (TPSA) is 125 Å². The number of nitrogens with zero attached hydrogens (tertiary/aromatic N) is 1. The summed E-state index contributed by atoms with van der Waals surface area (Å²) in [5.74, 6) is -0.136. The molecular weight excluding hydrogens is 168 g/mol. The van der Waals surface area contributed by atoms with E-state index in [0.29, 0.717) is 13.0 Å². The molecule has 0 unspecified atom stereocenters. The molecule has 11 heavy (non-hydrogen) atoms. The van der Waals surface area contributed by atoms with Gasteiger partial charge >= 0.3 is 0 Å². The maximum absolute atomic E-state index is 10.3. The maximum Gasteiger partial charge on any atom is 0.209 e. The molecule has 0 atom stereocenters. The van der Waals surface area contributed by atoms with Crippen LogP contribution in [0.2, 0.25) is 0 Å². The first-order valence-electron chi connectivity index (χ1n) is 2.97. The lowest BCUT2D eigenvalue weighted by molar-refractivity contribution is 0.595. The Balaban J connectivity index is 3.53. The molecule has 0 radical (unpaired) electrons. The van der Waals surface area contributed by atoms with Crippen molar-refractivity contribution in [2.24, 2.45) is 21.6 Å².